The van der Waals surface area contributed by atoms with E-state index in [0.29, 0.717) is 0 Å². The molecule has 8 nitrogen and oxygen atoms in total. The molecule has 0 aliphatic carbocycles. The molecule has 0 aliphatic rings. The van der Waals surface area contributed by atoms with Crippen molar-refractivity contribution in [3.05, 3.63) is 34.5 Å². The Morgan fingerprint density at radius 3 is 2.24 bits per heavy atom. The Kier molecular flexibility index (Phi) is 3.80. The smallest absolute Gasteiger partial charge is 0.239 e. The highest BCUT2D eigenvalue weighted by atomic mass is 16.5. The molecule has 0 atom stereocenters. The van der Waals surface area contributed by atoms with E-state index in [1.54, 1.807) is 0 Å². The second-order valence-corrected chi connectivity index (χ2v) is 5.15. The maximum absolute atomic E-state index is 12.7. The minimum Gasteiger partial charge on any atom is -0.507 e. The molecule has 25 heavy (non-hydrogen) atoms. The van der Waals surface area contributed by atoms with Crippen molar-refractivity contribution in [1.29, 1.82) is 0 Å². The summed E-state index contributed by atoms with van der Waals surface area (Å²) < 4.78 is 15.6. The molecule has 1 aromatic heterocycles. The van der Waals surface area contributed by atoms with Crippen LogP contribution in [0.25, 0.3) is 22.3 Å². The first kappa shape index (κ1) is 16.3. The standard InChI is InChI=1S/C17H14O8/c1-23-11-6-10(20)12-14(22)17(24-2)15(25-16(12)13(11)21)7-3-4-8(18)9(19)5-7/h3-6,18-21H,1-2H3. The Bertz CT molecular complexity index is 1040. The van der Waals surface area contributed by atoms with Crippen LogP contribution in [0.4, 0.5) is 0 Å². The second kappa shape index (κ2) is 5.82. The van der Waals surface area contributed by atoms with Gasteiger partial charge in [-0.1, -0.05) is 0 Å². The summed E-state index contributed by atoms with van der Waals surface area (Å²) in [6, 6.07) is 4.84. The lowest BCUT2D eigenvalue weighted by atomic mass is 10.1. The molecule has 0 radical (unpaired) electrons. The average Bonchev–Trinajstić information content (AvgIpc) is 2.59. The van der Waals surface area contributed by atoms with E-state index in [1.165, 1.54) is 32.4 Å². The van der Waals surface area contributed by atoms with Gasteiger partial charge < -0.3 is 34.3 Å². The van der Waals surface area contributed by atoms with Crippen molar-refractivity contribution in [2.75, 3.05) is 14.2 Å². The number of ether oxygens (including phenoxy) is 2. The third kappa shape index (κ3) is 2.44. The maximum atomic E-state index is 12.7. The number of benzene rings is 2. The van der Waals surface area contributed by atoms with Gasteiger partial charge in [-0.25, -0.2) is 0 Å². The summed E-state index contributed by atoms with van der Waals surface area (Å²) in [4.78, 5) is 12.7. The van der Waals surface area contributed by atoms with Crippen LogP contribution in [-0.2, 0) is 0 Å². The molecule has 4 N–H and O–H groups in total. The molecule has 2 aromatic carbocycles. The fraction of sp³-hybridized carbons (Fsp3) is 0.118. The van der Waals surface area contributed by atoms with E-state index in [-0.39, 0.29) is 39.5 Å². The van der Waals surface area contributed by atoms with E-state index in [1.807, 2.05) is 0 Å². The minimum absolute atomic E-state index is 0.0854. The molecule has 3 aromatic rings. The van der Waals surface area contributed by atoms with E-state index in [9.17, 15) is 25.2 Å². The lowest BCUT2D eigenvalue weighted by molar-refractivity contribution is 0.364. The van der Waals surface area contributed by atoms with Gasteiger partial charge in [-0.2, -0.15) is 0 Å². The van der Waals surface area contributed by atoms with Crippen LogP contribution in [0.2, 0.25) is 0 Å². The molecular weight excluding hydrogens is 332 g/mol. The first-order valence-electron chi connectivity index (χ1n) is 7.05. The summed E-state index contributed by atoms with van der Waals surface area (Å²) in [7, 11) is 2.52. The average molecular weight is 346 g/mol. The predicted octanol–water partition coefficient (Wildman–Crippen LogP) is 2.30. The topological polar surface area (TPSA) is 130 Å². The number of fused-ring (bicyclic) bond motifs is 1. The Morgan fingerprint density at radius 2 is 1.64 bits per heavy atom. The van der Waals surface area contributed by atoms with Crippen LogP contribution >= 0.6 is 0 Å². The SMILES string of the molecule is COc1cc(O)c2c(=O)c(OC)c(-c3ccc(O)c(O)c3)oc2c1O. The fourth-order valence-electron chi connectivity index (χ4n) is 2.49. The molecule has 0 fully saturated rings. The van der Waals surface area contributed by atoms with Gasteiger partial charge in [0.2, 0.25) is 16.9 Å². The second-order valence-electron chi connectivity index (χ2n) is 5.15. The maximum Gasteiger partial charge on any atom is 0.239 e. The van der Waals surface area contributed by atoms with Gasteiger partial charge in [0.1, 0.15) is 11.1 Å². The molecule has 0 bridgehead atoms. The largest absolute Gasteiger partial charge is 0.507 e. The van der Waals surface area contributed by atoms with Gasteiger partial charge in [-0.3, -0.25) is 4.79 Å². The van der Waals surface area contributed by atoms with E-state index in [4.69, 9.17) is 13.9 Å². The highest BCUT2D eigenvalue weighted by Crippen LogP contribution is 2.43. The monoisotopic (exact) mass is 346 g/mol. The predicted molar refractivity (Wildman–Crippen MR) is 87.7 cm³/mol. The Balaban J connectivity index is 2.45. The highest BCUT2D eigenvalue weighted by molar-refractivity contribution is 5.93. The van der Waals surface area contributed by atoms with Crippen molar-refractivity contribution >= 4 is 11.0 Å². The summed E-state index contributed by atoms with van der Waals surface area (Å²) in [5.74, 6) is -2.13. The zero-order valence-corrected chi connectivity index (χ0v) is 13.2. The van der Waals surface area contributed by atoms with Crippen molar-refractivity contribution < 1.29 is 34.3 Å². The van der Waals surface area contributed by atoms with E-state index in [0.717, 1.165) is 6.07 Å². The van der Waals surface area contributed by atoms with Crippen molar-refractivity contribution in [2.45, 2.75) is 0 Å². The molecule has 0 aliphatic heterocycles. The Labute approximate surface area is 140 Å². The summed E-state index contributed by atoms with van der Waals surface area (Å²) in [6.45, 7) is 0. The van der Waals surface area contributed by atoms with Crippen molar-refractivity contribution in [3.8, 4) is 45.8 Å². The van der Waals surface area contributed by atoms with Crippen LogP contribution in [0.15, 0.2) is 33.5 Å². The molecular formula is C17H14O8. The number of hydrogen-bond donors (Lipinski definition) is 4. The Hall–Kier alpha value is -3.55. The summed E-state index contributed by atoms with van der Waals surface area (Å²) >= 11 is 0. The molecule has 0 saturated heterocycles. The first-order chi connectivity index (χ1) is 11.9. The fourth-order valence-corrected chi connectivity index (χ4v) is 2.49. The molecule has 0 amide bonds. The molecule has 130 valence electrons. The quantitative estimate of drug-likeness (QED) is 0.420. The van der Waals surface area contributed by atoms with Gasteiger partial charge in [0, 0.05) is 11.6 Å². The zero-order chi connectivity index (χ0) is 18.3. The third-order valence-electron chi connectivity index (χ3n) is 3.70. The Morgan fingerprint density at radius 1 is 0.920 bits per heavy atom. The van der Waals surface area contributed by atoms with Crippen LogP contribution in [0, 0.1) is 0 Å². The van der Waals surface area contributed by atoms with Gasteiger partial charge in [0.25, 0.3) is 0 Å². The van der Waals surface area contributed by atoms with Gasteiger partial charge in [0.15, 0.2) is 28.6 Å². The number of methoxy groups -OCH3 is 2. The van der Waals surface area contributed by atoms with Gasteiger partial charge >= 0.3 is 0 Å². The van der Waals surface area contributed by atoms with Gasteiger partial charge in [-0.05, 0) is 18.2 Å². The van der Waals surface area contributed by atoms with Crippen LogP contribution in [0.3, 0.4) is 0 Å². The number of phenols is 4. The molecule has 0 spiro atoms. The number of rotatable bonds is 3. The molecule has 1 heterocycles. The molecule has 8 heteroatoms. The molecule has 0 unspecified atom stereocenters. The minimum atomic E-state index is -0.721. The first-order valence-corrected chi connectivity index (χ1v) is 7.05. The number of phenolic OH excluding ortho intramolecular Hbond substituents is 4. The lowest BCUT2D eigenvalue weighted by Gasteiger charge is -2.12. The summed E-state index contributed by atoms with van der Waals surface area (Å²) in [5.41, 5.74) is -0.806. The number of hydrogen-bond acceptors (Lipinski definition) is 8. The van der Waals surface area contributed by atoms with E-state index < -0.39 is 22.7 Å². The van der Waals surface area contributed by atoms with Gasteiger partial charge in [-0.15, -0.1) is 0 Å². The lowest BCUT2D eigenvalue weighted by Crippen LogP contribution is -2.08. The molecule has 0 saturated carbocycles. The van der Waals surface area contributed by atoms with Crippen molar-refractivity contribution in [3.63, 3.8) is 0 Å². The van der Waals surface area contributed by atoms with Crippen LogP contribution < -0.4 is 14.9 Å². The molecule has 3 rings (SSSR count). The van der Waals surface area contributed by atoms with E-state index >= 15 is 0 Å². The number of aromatic hydroxyl groups is 4. The highest BCUT2D eigenvalue weighted by Gasteiger charge is 2.24. The van der Waals surface area contributed by atoms with Crippen molar-refractivity contribution in [1.82, 2.24) is 0 Å². The zero-order valence-electron chi connectivity index (χ0n) is 13.2. The summed E-state index contributed by atoms with van der Waals surface area (Å²) in [5, 5.41) is 39.1. The van der Waals surface area contributed by atoms with Crippen LogP contribution in [0.1, 0.15) is 0 Å². The van der Waals surface area contributed by atoms with Crippen molar-refractivity contribution in [2.24, 2.45) is 0 Å². The van der Waals surface area contributed by atoms with E-state index in [2.05, 4.69) is 0 Å². The third-order valence-corrected chi connectivity index (χ3v) is 3.70. The van der Waals surface area contributed by atoms with Crippen LogP contribution in [0.5, 0.6) is 34.5 Å². The van der Waals surface area contributed by atoms with Crippen LogP contribution in [-0.4, -0.2) is 34.6 Å². The summed E-state index contributed by atoms with van der Waals surface area (Å²) in [6.07, 6.45) is 0. The normalized spacial score (nSPS) is 10.8. The van der Waals surface area contributed by atoms with Gasteiger partial charge in [0.05, 0.1) is 14.2 Å².